The topological polar surface area (TPSA) is 12.0 Å². The third kappa shape index (κ3) is 4.02. The van der Waals surface area contributed by atoms with Crippen LogP contribution in [0, 0.1) is 18.8 Å². The first-order valence-corrected chi connectivity index (χ1v) is 7.44. The van der Waals surface area contributed by atoms with Crippen LogP contribution in [0.4, 0.5) is 5.69 Å². The van der Waals surface area contributed by atoms with Gasteiger partial charge in [0.2, 0.25) is 0 Å². The minimum atomic E-state index is 0.866. The van der Waals surface area contributed by atoms with Crippen LogP contribution in [0.25, 0.3) is 0 Å². The van der Waals surface area contributed by atoms with E-state index in [4.69, 9.17) is 0 Å². The quantitative estimate of drug-likeness (QED) is 0.828. The van der Waals surface area contributed by atoms with Crippen molar-refractivity contribution < 1.29 is 0 Å². The Kier molecular flexibility index (Phi) is 4.49. The fourth-order valence-electron chi connectivity index (χ4n) is 2.63. The molecule has 0 atom stereocenters. The van der Waals surface area contributed by atoms with Gasteiger partial charge in [0.1, 0.15) is 0 Å². The van der Waals surface area contributed by atoms with Crippen LogP contribution >= 0.6 is 15.9 Å². The summed E-state index contributed by atoms with van der Waals surface area (Å²) in [6, 6.07) is 6.53. The number of rotatable bonds is 3. The van der Waals surface area contributed by atoms with Crippen LogP contribution in [0.1, 0.15) is 38.2 Å². The van der Waals surface area contributed by atoms with E-state index >= 15 is 0 Å². The molecule has 2 heteroatoms. The van der Waals surface area contributed by atoms with E-state index in [-0.39, 0.29) is 0 Å². The zero-order valence-corrected chi connectivity index (χ0v) is 12.4. The number of anilines is 1. The van der Waals surface area contributed by atoms with Crippen molar-refractivity contribution in [3.8, 4) is 0 Å². The summed E-state index contributed by atoms with van der Waals surface area (Å²) in [7, 11) is 0. The van der Waals surface area contributed by atoms with E-state index in [1.165, 1.54) is 36.9 Å². The average Bonchev–Trinajstić information content (AvgIpc) is 2.27. The largest absolute Gasteiger partial charge is 0.385 e. The van der Waals surface area contributed by atoms with Gasteiger partial charge in [-0.3, -0.25) is 0 Å². The Hall–Kier alpha value is -0.500. The molecule has 0 radical (unpaired) electrons. The highest BCUT2D eigenvalue weighted by atomic mass is 79.9. The monoisotopic (exact) mass is 295 g/mol. The van der Waals surface area contributed by atoms with Crippen LogP contribution in [0.3, 0.4) is 0 Å². The van der Waals surface area contributed by atoms with Crippen LogP contribution in [0.5, 0.6) is 0 Å². The summed E-state index contributed by atoms with van der Waals surface area (Å²) < 4.78 is 1.16. The Morgan fingerprint density at radius 3 is 2.53 bits per heavy atom. The lowest BCUT2D eigenvalue weighted by molar-refractivity contribution is 0.300. The van der Waals surface area contributed by atoms with Crippen LogP contribution in [-0.2, 0) is 0 Å². The highest BCUT2D eigenvalue weighted by Crippen LogP contribution is 2.28. The van der Waals surface area contributed by atoms with Gasteiger partial charge in [-0.1, -0.05) is 35.7 Å². The first-order chi connectivity index (χ1) is 8.13. The maximum Gasteiger partial charge on any atom is 0.0354 e. The Balaban J connectivity index is 1.85. The van der Waals surface area contributed by atoms with E-state index in [0.717, 1.165) is 22.9 Å². The van der Waals surface area contributed by atoms with Crippen molar-refractivity contribution in [2.45, 2.75) is 39.5 Å². The fourth-order valence-corrected chi connectivity index (χ4v) is 3.24. The highest BCUT2D eigenvalue weighted by Gasteiger charge is 2.17. The predicted molar refractivity (Wildman–Crippen MR) is 78.5 cm³/mol. The maximum atomic E-state index is 3.58. The average molecular weight is 296 g/mol. The van der Waals surface area contributed by atoms with E-state index in [0.29, 0.717) is 0 Å². The molecule has 94 valence electrons. The molecular weight excluding hydrogens is 274 g/mol. The van der Waals surface area contributed by atoms with Gasteiger partial charge in [0.15, 0.2) is 0 Å². The fraction of sp³-hybridized carbons (Fsp3) is 0.600. The van der Waals surface area contributed by atoms with E-state index in [2.05, 4.69) is 53.3 Å². The van der Waals surface area contributed by atoms with Gasteiger partial charge in [-0.05, 0) is 55.4 Å². The Labute approximate surface area is 113 Å². The molecular formula is C15H22BrN. The molecule has 1 fully saturated rings. The summed E-state index contributed by atoms with van der Waals surface area (Å²) in [5, 5.41) is 3.58. The second-order valence-electron chi connectivity index (χ2n) is 5.52. The molecule has 1 aliphatic carbocycles. The number of benzene rings is 1. The minimum Gasteiger partial charge on any atom is -0.385 e. The third-order valence-electron chi connectivity index (χ3n) is 3.77. The van der Waals surface area contributed by atoms with Crippen molar-refractivity contribution >= 4 is 21.6 Å². The molecule has 1 N–H and O–H groups in total. The normalized spacial score (nSPS) is 24.6. The number of nitrogens with one attached hydrogen (secondary N) is 1. The molecule has 1 aromatic rings. The molecule has 17 heavy (non-hydrogen) atoms. The minimum absolute atomic E-state index is 0.866. The van der Waals surface area contributed by atoms with Gasteiger partial charge in [-0.25, -0.2) is 0 Å². The lowest BCUT2D eigenvalue weighted by Gasteiger charge is -2.26. The molecule has 0 heterocycles. The van der Waals surface area contributed by atoms with Crippen molar-refractivity contribution in [2.75, 3.05) is 11.9 Å². The van der Waals surface area contributed by atoms with E-state index in [1.807, 2.05) is 0 Å². The molecule has 1 saturated carbocycles. The molecule has 0 aromatic heterocycles. The Morgan fingerprint density at radius 1 is 1.18 bits per heavy atom. The SMILES string of the molecule is Cc1cc(Br)cc(NCC2CCC(C)CC2)c1. The highest BCUT2D eigenvalue weighted by molar-refractivity contribution is 9.10. The summed E-state index contributed by atoms with van der Waals surface area (Å²) >= 11 is 3.55. The zero-order valence-electron chi connectivity index (χ0n) is 10.8. The van der Waals surface area contributed by atoms with Crippen molar-refractivity contribution in [3.05, 3.63) is 28.2 Å². The van der Waals surface area contributed by atoms with Gasteiger partial charge >= 0.3 is 0 Å². The summed E-state index contributed by atoms with van der Waals surface area (Å²) in [4.78, 5) is 0. The van der Waals surface area contributed by atoms with Gasteiger partial charge in [0.05, 0.1) is 0 Å². The molecule has 1 aliphatic rings. The van der Waals surface area contributed by atoms with Crippen molar-refractivity contribution in [3.63, 3.8) is 0 Å². The molecule has 0 saturated heterocycles. The van der Waals surface area contributed by atoms with E-state index in [9.17, 15) is 0 Å². The second-order valence-corrected chi connectivity index (χ2v) is 6.44. The van der Waals surface area contributed by atoms with Gasteiger partial charge in [0, 0.05) is 16.7 Å². The maximum absolute atomic E-state index is 3.58. The van der Waals surface area contributed by atoms with Gasteiger partial charge in [-0.2, -0.15) is 0 Å². The Bertz CT molecular complexity index is 347. The number of hydrogen-bond donors (Lipinski definition) is 1. The van der Waals surface area contributed by atoms with Crippen LogP contribution < -0.4 is 5.32 Å². The number of hydrogen-bond acceptors (Lipinski definition) is 1. The van der Waals surface area contributed by atoms with E-state index < -0.39 is 0 Å². The first kappa shape index (κ1) is 12.9. The molecule has 1 nitrogen and oxygen atoms in total. The molecule has 2 rings (SSSR count). The molecule has 0 aliphatic heterocycles. The van der Waals surface area contributed by atoms with Gasteiger partial charge < -0.3 is 5.32 Å². The second kappa shape index (κ2) is 5.90. The lowest BCUT2D eigenvalue weighted by Crippen LogP contribution is -2.20. The summed E-state index contributed by atoms with van der Waals surface area (Å²) in [6.07, 6.45) is 5.59. The van der Waals surface area contributed by atoms with Crippen LogP contribution in [-0.4, -0.2) is 6.54 Å². The lowest BCUT2D eigenvalue weighted by atomic mass is 9.83. The van der Waals surface area contributed by atoms with Crippen molar-refractivity contribution in [2.24, 2.45) is 11.8 Å². The molecule has 0 bridgehead atoms. The van der Waals surface area contributed by atoms with E-state index in [1.54, 1.807) is 0 Å². The molecule has 0 unspecified atom stereocenters. The Morgan fingerprint density at radius 2 is 1.88 bits per heavy atom. The number of halogens is 1. The van der Waals surface area contributed by atoms with Crippen LogP contribution in [0.15, 0.2) is 22.7 Å². The van der Waals surface area contributed by atoms with Crippen molar-refractivity contribution in [1.29, 1.82) is 0 Å². The molecule has 0 spiro atoms. The van der Waals surface area contributed by atoms with Gasteiger partial charge in [0.25, 0.3) is 0 Å². The summed E-state index contributed by atoms with van der Waals surface area (Å²) in [5.41, 5.74) is 2.55. The van der Waals surface area contributed by atoms with Crippen LogP contribution in [0.2, 0.25) is 0 Å². The number of aryl methyl sites for hydroxylation is 1. The summed E-state index contributed by atoms with van der Waals surface area (Å²) in [5.74, 6) is 1.81. The zero-order chi connectivity index (χ0) is 12.3. The summed E-state index contributed by atoms with van der Waals surface area (Å²) in [6.45, 7) is 5.64. The predicted octanol–water partition coefficient (Wildman–Crippen LogP) is 5.00. The van der Waals surface area contributed by atoms with Crippen molar-refractivity contribution in [1.82, 2.24) is 0 Å². The molecule has 1 aromatic carbocycles. The smallest absolute Gasteiger partial charge is 0.0354 e. The standard InChI is InChI=1S/C15H22BrN/c1-11-3-5-13(6-4-11)10-17-15-8-12(2)7-14(16)9-15/h7-9,11,13,17H,3-6,10H2,1-2H3. The third-order valence-corrected chi connectivity index (χ3v) is 4.23. The van der Waals surface area contributed by atoms with Gasteiger partial charge in [-0.15, -0.1) is 0 Å². The molecule has 0 amide bonds. The first-order valence-electron chi connectivity index (χ1n) is 6.64.